The maximum Gasteiger partial charge on any atom is 0.319 e. The fourth-order valence-electron chi connectivity index (χ4n) is 1.43. The molecule has 2 amide bonds. The molecule has 0 bridgehead atoms. The lowest BCUT2D eigenvalue weighted by molar-refractivity contribution is 0.145. The number of halogens is 1. The van der Waals surface area contributed by atoms with E-state index in [1.165, 1.54) is 0 Å². The topological polar surface area (TPSA) is 50.4 Å². The third kappa shape index (κ3) is 4.94. The van der Waals surface area contributed by atoms with Crippen molar-refractivity contribution in [3.05, 3.63) is 28.8 Å². The van der Waals surface area contributed by atoms with Crippen LogP contribution in [0.3, 0.4) is 0 Å². The quantitative estimate of drug-likeness (QED) is 0.780. The van der Waals surface area contributed by atoms with Crippen molar-refractivity contribution in [2.24, 2.45) is 0 Å². The number of nitrogens with one attached hydrogen (secondary N) is 2. The molecule has 100 valence electrons. The van der Waals surface area contributed by atoms with Crippen LogP contribution in [0, 0.1) is 6.92 Å². The van der Waals surface area contributed by atoms with Crippen LogP contribution in [-0.2, 0) is 4.74 Å². The van der Waals surface area contributed by atoms with E-state index in [1.807, 2.05) is 19.9 Å². The van der Waals surface area contributed by atoms with E-state index in [0.717, 1.165) is 17.7 Å². The van der Waals surface area contributed by atoms with Crippen molar-refractivity contribution in [3.63, 3.8) is 0 Å². The van der Waals surface area contributed by atoms with E-state index in [0.29, 0.717) is 24.8 Å². The molecule has 1 aromatic rings. The fourth-order valence-corrected chi connectivity index (χ4v) is 1.60. The van der Waals surface area contributed by atoms with Crippen LogP contribution in [0.15, 0.2) is 18.2 Å². The van der Waals surface area contributed by atoms with Crippen molar-refractivity contribution < 1.29 is 9.53 Å². The number of carbonyl (C=O) groups is 1. The summed E-state index contributed by atoms with van der Waals surface area (Å²) < 4.78 is 5.18. The summed E-state index contributed by atoms with van der Waals surface area (Å²) in [5.41, 5.74) is 1.59. The van der Waals surface area contributed by atoms with E-state index in [2.05, 4.69) is 10.6 Å². The lowest BCUT2D eigenvalue weighted by atomic mass is 10.2. The van der Waals surface area contributed by atoms with E-state index in [4.69, 9.17) is 16.3 Å². The van der Waals surface area contributed by atoms with Gasteiger partial charge in [-0.15, -0.1) is 0 Å². The molecule has 0 aliphatic carbocycles. The molecule has 0 unspecified atom stereocenters. The second kappa shape index (κ2) is 7.95. The Balaban J connectivity index is 2.34. The second-order valence-corrected chi connectivity index (χ2v) is 4.25. The maximum atomic E-state index is 11.6. The van der Waals surface area contributed by atoms with Gasteiger partial charge in [-0.3, -0.25) is 0 Å². The van der Waals surface area contributed by atoms with Gasteiger partial charge in [-0.2, -0.15) is 0 Å². The van der Waals surface area contributed by atoms with Gasteiger partial charge in [-0.05, 0) is 38.0 Å². The average molecular weight is 271 g/mol. The van der Waals surface area contributed by atoms with Gasteiger partial charge in [0.15, 0.2) is 0 Å². The first-order chi connectivity index (χ1) is 8.65. The molecule has 0 aliphatic heterocycles. The number of hydrogen-bond donors (Lipinski definition) is 2. The molecule has 0 fully saturated rings. The molecule has 0 aromatic heterocycles. The molecular formula is C13H19ClN2O2. The molecule has 18 heavy (non-hydrogen) atoms. The van der Waals surface area contributed by atoms with Crippen LogP contribution < -0.4 is 10.6 Å². The van der Waals surface area contributed by atoms with Gasteiger partial charge in [-0.25, -0.2) is 4.79 Å². The van der Waals surface area contributed by atoms with Crippen molar-refractivity contribution in [2.75, 3.05) is 25.1 Å². The van der Waals surface area contributed by atoms with Gasteiger partial charge in [0.1, 0.15) is 0 Å². The maximum absolute atomic E-state index is 11.6. The Morgan fingerprint density at radius 2 is 2.22 bits per heavy atom. The first kappa shape index (κ1) is 14.8. The zero-order valence-corrected chi connectivity index (χ0v) is 11.5. The van der Waals surface area contributed by atoms with Crippen LogP contribution in [0.4, 0.5) is 10.5 Å². The number of ether oxygens (including phenoxy) is 1. The van der Waals surface area contributed by atoms with Crippen LogP contribution in [0.2, 0.25) is 5.02 Å². The predicted molar refractivity (Wildman–Crippen MR) is 74.3 cm³/mol. The molecular weight excluding hydrogens is 252 g/mol. The molecule has 1 aromatic carbocycles. The lowest BCUT2D eigenvalue weighted by Crippen LogP contribution is -2.30. The zero-order valence-electron chi connectivity index (χ0n) is 10.8. The second-order valence-electron chi connectivity index (χ2n) is 3.84. The molecule has 5 heteroatoms. The Hall–Kier alpha value is -1.26. The van der Waals surface area contributed by atoms with Crippen LogP contribution in [-0.4, -0.2) is 25.8 Å². The highest BCUT2D eigenvalue weighted by Gasteiger charge is 2.05. The summed E-state index contributed by atoms with van der Waals surface area (Å²) >= 11 is 5.97. The average Bonchev–Trinajstić information content (AvgIpc) is 2.35. The Kier molecular flexibility index (Phi) is 6.54. The third-order valence-electron chi connectivity index (χ3n) is 2.47. The van der Waals surface area contributed by atoms with E-state index >= 15 is 0 Å². The lowest BCUT2D eigenvalue weighted by Gasteiger charge is -2.10. The van der Waals surface area contributed by atoms with Crippen LogP contribution in [0.5, 0.6) is 0 Å². The van der Waals surface area contributed by atoms with Gasteiger partial charge >= 0.3 is 6.03 Å². The summed E-state index contributed by atoms with van der Waals surface area (Å²) in [5.74, 6) is 0. The van der Waals surface area contributed by atoms with E-state index < -0.39 is 0 Å². The molecule has 0 heterocycles. The zero-order chi connectivity index (χ0) is 13.4. The number of benzene rings is 1. The molecule has 0 atom stereocenters. The van der Waals surface area contributed by atoms with E-state index in [1.54, 1.807) is 12.1 Å². The summed E-state index contributed by atoms with van der Waals surface area (Å²) in [6.45, 7) is 5.77. The van der Waals surface area contributed by atoms with Crippen LogP contribution >= 0.6 is 11.6 Å². The van der Waals surface area contributed by atoms with Crippen molar-refractivity contribution >= 4 is 23.3 Å². The smallest absolute Gasteiger partial charge is 0.319 e. The fraction of sp³-hybridized carbons (Fsp3) is 0.462. The minimum absolute atomic E-state index is 0.225. The van der Waals surface area contributed by atoms with Gasteiger partial charge < -0.3 is 15.4 Å². The highest BCUT2D eigenvalue weighted by atomic mass is 35.5. The van der Waals surface area contributed by atoms with Crippen LogP contribution in [0.1, 0.15) is 18.9 Å². The summed E-state index contributed by atoms with van der Waals surface area (Å²) in [5, 5.41) is 6.17. The minimum atomic E-state index is -0.225. The molecule has 0 saturated heterocycles. The first-order valence-corrected chi connectivity index (χ1v) is 6.40. The van der Waals surface area contributed by atoms with E-state index in [9.17, 15) is 4.79 Å². The third-order valence-corrected chi connectivity index (χ3v) is 2.88. The number of carbonyl (C=O) groups excluding carboxylic acids is 1. The monoisotopic (exact) mass is 270 g/mol. The SMILES string of the molecule is CCOCCCNC(=O)Nc1cccc(Cl)c1C. The first-order valence-electron chi connectivity index (χ1n) is 6.03. The van der Waals surface area contributed by atoms with E-state index in [-0.39, 0.29) is 6.03 Å². The largest absolute Gasteiger partial charge is 0.382 e. The predicted octanol–water partition coefficient (Wildman–Crippen LogP) is 3.20. The number of anilines is 1. The molecule has 4 nitrogen and oxygen atoms in total. The van der Waals surface area contributed by atoms with Crippen molar-refractivity contribution in [3.8, 4) is 0 Å². The standard InChI is InChI=1S/C13H19ClN2O2/c1-3-18-9-5-8-15-13(17)16-12-7-4-6-11(14)10(12)2/h4,6-7H,3,5,8-9H2,1-2H3,(H2,15,16,17). The highest BCUT2D eigenvalue weighted by Crippen LogP contribution is 2.22. The molecule has 2 N–H and O–H groups in total. The molecule has 0 saturated carbocycles. The Bertz CT molecular complexity index is 397. The molecule has 0 spiro atoms. The van der Waals surface area contributed by atoms with Gasteiger partial charge in [0.2, 0.25) is 0 Å². The Morgan fingerprint density at radius 1 is 1.44 bits per heavy atom. The van der Waals surface area contributed by atoms with Crippen LogP contribution in [0.25, 0.3) is 0 Å². The van der Waals surface area contributed by atoms with Crippen molar-refractivity contribution in [1.29, 1.82) is 0 Å². The van der Waals surface area contributed by atoms with Gasteiger partial charge in [0.05, 0.1) is 0 Å². The van der Waals surface area contributed by atoms with Gasteiger partial charge in [-0.1, -0.05) is 17.7 Å². The number of urea groups is 1. The summed E-state index contributed by atoms with van der Waals surface area (Å²) in [4.78, 5) is 11.6. The summed E-state index contributed by atoms with van der Waals surface area (Å²) in [6.07, 6.45) is 0.801. The molecule has 1 rings (SSSR count). The minimum Gasteiger partial charge on any atom is -0.382 e. The molecule has 0 aliphatic rings. The van der Waals surface area contributed by atoms with Crippen molar-refractivity contribution in [2.45, 2.75) is 20.3 Å². The Morgan fingerprint density at radius 3 is 2.94 bits per heavy atom. The molecule has 0 radical (unpaired) electrons. The Labute approximate surface area is 113 Å². The summed E-state index contributed by atoms with van der Waals surface area (Å²) in [6, 6.07) is 5.19. The van der Waals surface area contributed by atoms with Crippen molar-refractivity contribution in [1.82, 2.24) is 5.32 Å². The number of amides is 2. The van der Waals surface area contributed by atoms with Gasteiger partial charge in [0, 0.05) is 30.5 Å². The van der Waals surface area contributed by atoms with Gasteiger partial charge in [0.25, 0.3) is 0 Å². The number of rotatable bonds is 6. The number of hydrogen-bond acceptors (Lipinski definition) is 2. The summed E-state index contributed by atoms with van der Waals surface area (Å²) in [7, 11) is 0. The normalized spacial score (nSPS) is 10.2. The highest BCUT2D eigenvalue weighted by molar-refractivity contribution is 6.31.